The molecule has 0 saturated heterocycles. The summed E-state index contributed by atoms with van der Waals surface area (Å²) < 4.78 is 13.7. The molecule has 0 unspecified atom stereocenters. The molecular formula is C17H12ClFN2O2. The van der Waals surface area contributed by atoms with Gasteiger partial charge in [0.1, 0.15) is 12.4 Å². The van der Waals surface area contributed by atoms with Gasteiger partial charge in [-0.25, -0.2) is 4.39 Å². The highest BCUT2D eigenvalue weighted by Gasteiger charge is 2.25. The molecule has 0 spiro atoms. The van der Waals surface area contributed by atoms with Gasteiger partial charge in [0, 0.05) is 11.6 Å². The van der Waals surface area contributed by atoms with Crippen LogP contribution in [-0.2, 0) is 9.59 Å². The Balaban J connectivity index is 1.89. The minimum absolute atomic E-state index is 0.0921. The van der Waals surface area contributed by atoms with Crippen molar-refractivity contribution >= 4 is 40.9 Å². The first-order valence-electron chi connectivity index (χ1n) is 6.89. The van der Waals surface area contributed by atoms with Crippen molar-refractivity contribution in [2.45, 2.75) is 0 Å². The van der Waals surface area contributed by atoms with Crippen LogP contribution < -0.4 is 10.2 Å². The Morgan fingerprint density at radius 2 is 2.00 bits per heavy atom. The molecule has 1 aliphatic rings. The van der Waals surface area contributed by atoms with Crippen LogP contribution in [0.5, 0.6) is 0 Å². The number of carbonyl (C=O) groups is 2. The SMILES string of the molecule is O=C1CN(C(=O)/C=C/c2c(F)cccc2Cl)c2ccccc2N1. The Morgan fingerprint density at radius 1 is 1.22 bits per heavy atom. The van der Waals surface area contributed by atoms with Crippen LogP contribution >= 0.6 is 11.6 Å². The summed E-state index contributed by atoms with van der Waals surface area (Å²) in [6, 6.07) is 11.3. The molecule has 23 heavy (non-hydrogen) atoms. The smallest absolute Gasteiger partial charge is 0.251 e. The van der Waals surface area contributed by atoms with Gasteiger partial charge in [-0.05, 0) is 30.3 Å². The first-order valence-corrected chi connectivity index (χ1v) is 7.26. The molecule has 1 N–H and O–H groups in total. The summed E-state index contributed by atoms with van der Waals surface area (Å²) >= 11 is 5.92. The van der Waals surface area contributed by atoms with Crippen LogP contribution in [0.1, 0.15) is 5.56 Å². The fraction of sp³-hybridized carbons (Fsp3) is 0.0588. The summed E-state index contributed by atoms with van der Waals surface area (Å²) in [5.74, 6) is -1.22. The van der Waals surface area contributed by atoms with E-state index in [0.29, 0.717) is 11.4 Å². The zero-order chi connectivity index (χ0) is 16.4. The third kappa shape index (κ3) is 3.10. The van der Waals surface area contributed by atoms with Crippen molar-refractivity contribution in [3.8, 4) is 0 Å². The number of hydrogen-bond acceptors (Lipinski definition) is 2. The zero-order valence-corrected chi connectivity index (χ0v) is 12.7. The first kappa shape index (κ1) is 15.2. The number of benzene rings is 2. The molecular weight excluding hydrogens is 319 g/mol. The van der Waals surface area contributed by atoms with E-state index < -0.39 is 11.7 Å². The standard InChI is InChI=1S/C17H12ClFN2O2/c18-12-4-3-5-13(19)11(12)8-9-17(23)21-10-16(22)20-14-6-1-2-7-15(14)21/h1-9H,10H2,(H,20,22)/b9-8+. The topological polar surface area (TPSA) is 49.4 Å². The molecule has 0 fully saturated rings. The van der Waals surface area contributed by atoms with Crippen LogP contribution in [0.2, 0.25) is 5.02 Å². The van der Waals surface area contributed by atoms with E-state index in [0.717, 1.165) is 0 Å². The van der Waals surface area contributed by atoms with E-state index in [4.69, 9.17) is 11.6 Å². The molecule has 116 valence electrons. The number of fused-ring (bicyclic) bond motifs is 1. The molecule has 2 aromatic rings. The molecule has 4 nitrogen and oxygen atoms in total. The second-order valence-corrected chi connectivity index (χ2v) is 5.37. The van der Waals surface area contributed by atoms with Gasteiger partial charge < -0.3 is 5.32 Å². The number of nitrogens with zero attached hydrogens (tertiary/aromatic N) is 1. The summed E-state index contributed by atoms with van der Waals surface area (Å²) in [6.07, 6.45) is 2.52. The van der Waals surface area contributed by atoms with E-state index in [1.807, 2.05) is 0 Å². The highest BCUT2D eigenvalue weighted by atomic mass is 35.5. The molecule has 3 rings (SSSR count). The molecule has 1 heterocycles. The average Bonchev–Trinajstić information content (AvgIpc) is 2.53. The van der Waals surface area contributed by atoms with Crippen LogP contribution in [0, 0.1) is 5.82 Å². The fourth-order valence-electron chi connectivity index (χ4n) is 2.34. The van der Waals surface area contributed by atoms with Gasteiger partial charge in [0.05, 0.1) is 16.4 Å². The molecule has 6 heteroatoms. The number of halogens is 2. The van der Waals surface area contributed by atoms with E-state index >= 15 is 0 Å². The normalized spacial score (nSPS) is 13.8. The minimum atomic E-state index is -0.515. The Morgan fingerprint density at radius 3 is 2.78 bits per heavy atom. The number of nitrogens with one attached hydrogen (secondary N) is 1. The molecule has 1 aliphatic heterocycles. The third-order valence-electron chi connectivity index (χ3n) is 3.43. The van der Waals surface area contributed by atoms with Gasteiger partial charge in [-0.2, -0.15) is 0 Å². The van der Waals surface area contributed by atoms with Crippen LogP contribution in [-0.4, -0.2) is 18.4 Å². The molecule has 2 aromatic carbocycles. The lowest BCUT2D eigenvalue weighted by Crippen LogP contribution is -2.41. The van der Waals surface area contributed by atoms with Crippen LogP contribution in [0.3, 0.4) is 0 Å². The Bertz CT molecular complexity index is 800. The summed E-state index contributed by atoms with van der Waals surface area (Å²) in [5.41, 5.74) is 1.30. The number of para-hydroxylation sites is 2. The lowest BCUT2D eigenvalue weighted by atomic mass is 10.1. The van der Waals surface area contributed by atoms with E-state index in [9.17, 15) is 14.0 Å². The first-order chi connectivity index (χ1) is 11.1. The quantitative estimate of drug-likeness (QED) is 0.857. The van der Waals surface area contributed by atoms with Gasteiger partial charge in [0.15, 0.2) is 0 Å². The van der Waals surface area contributed by atoms with Crippen molar-refractivity contribution in [1.29, 1.82) is 0 Å². The van der Waals surface area contributed by atoms with Crippen molar-refractivity contribution in [2.24, 2.45) is 0 Å². The largest absolute Gasteiger partial charge is 0.323 e. The molecule has 0 aliphatic carbocycles. The molecule has 0 atom stereocenters. The maximum Gasteiger partial charge on any atom is 0.251 e. The average molecular weight is 331 g/mol. The highest BCUT2D eigenvalue weighted by molar-refractivity contribution is 6.32. The van der Waals surface area contributed by atoms with Crippen molar-refractivity contribution in [2.75, 3.05) is 16.8 Å². The number of anilines is 2. The summed E-state index contributed by atoms with van der Waals surface area (Å²) in [5, 5.41) is 2.91. The van der Waals surface area contributed by atoms with Crippen molar-refractivity contribution in [1.82, 2.24) is 0 Å². The Labute approximate surface area is 137 Å². The summed E-state index contributed by atoms with van der Waals surface area (Å²) in [7, 11) is 0. The number of carbonyl (C=O) groups excluding carboxylic acids is 2. The lowest BCUT2D eigenvalue weighted by Gasteiger charge is -2.28. The molecule has 2 amide bonds. The van der Waals surface area contributed by atoms with Gasteiger partial charge in [0.25, 0.3) is 5.91 Å². The molecule has 0 aromatic heterocycles. The maximum atomic E-state index is 13.7. The molecule has 0 bridgehead atoms. The van der Waals surface area contributed by atoms with Crippen LogP contribution in [0.15, 0.2) is 48.5 Å². The summed E-state index contributed by atoms with van der Waals surface area (Å²) in [4.78, 5) is 25.4. The molecule has 0 radical (unpaired) electrons. The number of amides is 2. The van der Waals surface area contributed by atoms with Crippen LogP contribution in [0.4, 0.5) is 15.8 Å². The Hall–Kier alpha value is -2.66. The van der Waals surface area contributed by atoms with Crippen molar-refractivity contribution in [3.63, 3.8) is 0 Å². The van der Waals surface area contributed by atoms with Crippen molar-refractivity contribution in [3.05, 3.63) is 64.9 Å². The number of hydrogen-bond donors (Lipinski definition) is 1. The monoisotopic (exact) mass is 330 g/mol. The highest BCUT2D eigenvalue weighted by Crippen LogP contribution is 2.29. The fourth-order valence-corrected chi connectivity index (χ4v) is 2.57. The third-order valence-corrected chi connectivity index (χ3v) is 3.76. The summed E-state index contributed by atoms with van der Waals surface area (Å²) in [6.45, 7) is -0.0921. The second-order valence-electron chi connectivity index (χ2n) is 4.96. The number of rotatable bonds is 2. The zero-order valence-electron chi connectivity index (χ0n) is 11.9. The predicted octanol–water partition coefficient (Wildman–Crippen LogP) is 3.48. The van der Waals surface area contributed by atoms with Gasteiger partial charge in [0.2, 0.25) is 5.91 Å². The maximum absolute atomic E-state index is 13.7. The lowest BCUT2D eigenvalue weighted by molar-refractivity contribution is -0.119. The predicted molar refractivity (Wildman–Crippen MR) is 87.9 cm³/mol. The van der Waals surface area contributed by atoms with Gasteiger partial charge >= 0.3 is 0 Å². The van der Waals surface area contributed by atoms with E-state index in [1.165, 1.54) is 29.2 Å². The Kier molecular flexibility index (Phi) is 4.12. The second kappa shape index (κ2) is 6.22. The van der Waals surface area contributed by atoms with Crippen LogP contribution in [0.25, 0.3) is 6.08 Å². The van der Waals surface area contributed by atoms with E-state index in [2.05, 4.69) is 5.32 Å². The van der Waals surface area contributed by atoms with Gasteiger partial charge in [-0.1, -0.05) is 29.8 Å². The molecule has 0 saturated carbocycles. The van der Waals surface area contributed by atoms with Gasteiger partial charge in [-0.3, -0.25) is 14.5 Å². The van der Waals surface area contributed by atoms with E-state index in [-0.39, 0.29) is 23.0 Å². The van der Waals surface area contributed by atoms with E-state index in [1.54, 1.807) is 30.3 Å². The van der Waals surface area contributed by atoms with Crippen molar-refractivity contribution < 1.29 is 14.0 Å². The minimum Gasteiger partial charge on any atom is -0.323 e. The van der Waals surface area contributed by atoms with Gasteiger partial charge in [-0.15, -0.1) is 0 Å².